The van der Waals surface area contributed by atoms with Gasteiger partial charge in [-0.15, -0.1) is 0 Å². The fourth-order valence-electron chi connectivity index (χ4n) is 1.55. The molecule has 0 fully saturated rings. The molecule has 1 unspecified atom stereocenters. The lowest BCUT2D eigenvalue weighted by atomic mass is 10.0. The van der Waals surface area contributed by atoms with Gasteiger partial charge in [-0.1, -0.05) is 29.8 Å². The van der Waals surface area contributed by atoms with Crippen LogP contribution in [0.25, 0.3) is 0 Å². The van der Waals surface area contributed by atoms with Crippen molar-refractivity contribution >= 4 is 11.6 Å². The zero-order chi connectivity index (χ0) is 12.3. The zero-order valence-corrected chi connectivity index (χ0v) is 9.73. The molecule has 0 aliphatic carbocycles. The van der Waals surface area contributed by atoms with Crippen molar-refractivity contribution in [1.82, 2.24) is 4.98 Å². The van der Waals surface area contributed by atoms with E-state index in [1.165, 1.54) is 18.3 Å². The van der Waals surface area contributed by atoms with Crippen molar-refractivity contribution in [3.05, 3.63) is 64.7 Å². The smallest absolute Gasteiger partial charge is 0.129 e. The van der Waals surface area contributed by atoms with Gasteiger partial charge in [0, 0.05) is 12.6 Å². The van der Waals surface area contributed by atoms with Gasteiger partial charge in [-0.2, -0.15) is 0 Å². The molecule has 0 saturated carbocycles. The minimum absolute atomic E-state index is 0.281. The second-order valence-corrected chi connectivity index (χ2v) is 4.15. The third-order valence-electron chi connectivity index (χ3n) is 2.48. The van der Waals surface area contributed by atoms with E-state index < -0.39 is 6.10 Å². The summed E-state index contributed by atoms with van der Waals surface area (Å²) >= 11 is 5.66. The lowest BCUT2D eigenvalue weighted by molar-refractivity contribution is 0.178. The van der Waals surface area contributed by atoms with E-state index in [1.807, 2.05) is 0 Å². The van der Waals surface area contributed by atoms with Crippen LogP contribution in [0.15, 0.2) is 42.6 Å². The van der Waals surface area contributed by atoms with Crippen molar-refractivity contribution in [3.8, 4) is 0 Å². The van der Waals surface area contributed by atoms with Gasteiger partial charge in [-0.05, 0) is 29.3 Å². The molecule has 1 aromatic carbocycles. The molecule has 0 aliphatic rings. The maximum Gasteiger partial charge on any atom is 0.129 e. The van der Waals surface area contributed by atoms with E-state index in [1.54, 1.807) is 24.3 Å². The average Bonchev–Trinajstić information content (AvgIpc) is 2.33. The predicted octanol–water partition coefficient (Wildman–Crippen LogP) is 3.15. The largest absolute Gasteiger partial charge is 0.388 e. The van der Waals surface area contributed by atoms with E-state index in [4.69, 9.17) is 11.6 Å². The van der Waals surface area contributed by atoms with Crippen LogP contribution in [-0.4, -0.2) is 10.1 Å². The first-order chi connectivity index (χ1) is 8.15. The lowest BCUT2D eigenvalue weighted by Gasteiger charge is -2.10. The number of aliphatic hydroxyl groups excluding tert-OH is 1. The second-order valence-electron chi connectivity index (χ2n) is 3.76. The zero-order valence-electron chi connectivity index (χ0n) is 8.98. The molecule has 1 heterocycles. The third kappa shape index (κ3) is 3.25. The van der Waals surface area contributed by atoms with Gasteiger partial charge in [0.15, 0.2) is 0 Å². The van der Waals surface area contributed by atoms with E-state index >= 15 is 0 Å². The van der Waals surface area contributed by atoms with Crippen LogP contribution in [0.4, 0.5) is 4.39 Å². The summed E-state index contributed by atoms with van der Waals surface area (Å²) in [6.07, 6.45) is 1.30. The third-order valence-corrected chi connectivity index (χ3v) is 2.70. The fourth-order valence-corrected chi connectivity index (χ4v) is 1.66. The summed E-state index contributed by atoms with van der Waals surface area (Å²) < 4.78 is 12.7. The molecule has 0 radical (unpaired) electrons. The van der Waals surface area contributed by atoms with Crippen molar-refractivity contribution in [1.29, 1.82) is 0 Å². The van der Waals surface area contributed by atoms with Gasteiger partial charge < -0.3 is 5.11 Å². The van der Waals surface area contributed by atoms with Crippen LogP contribution in [0.1, 0.15) is 17.2 Å². The first-order valence-corrected chi connectivity index (χ1v) is 5.57. The average molecular weight is 252 g/mol. The Labute approximate surface area is 104 Å². The summed E-state index contributed by atoms with van der Waals surface area (Å²) in [5.74, 6) is -0.281. The molecule has 1 aromatic heterocycles. The van der Waals surface area contributed by atoms with Crippen molar-refractivity contribution in [3.63, 3.8) is 0 Å². The van der Waals surface area contributed by atoms with Crippen LogP contribution < -0.4 is 0 Å². The van der Waals surface area contributed by atoms with Crippen molar-refractivity contribution in [2.45, 2.75) is 12.5 Å². The minimum Gasteiger partial charge on any atom is -0.388 e. The SMILES string of the molecule is OC(Cc1ccc(F)cc1)c1ccc(Cl)nc1. The van der Waals surface area contributed by atoms with Crippen LogP contribution in [0.3, 0.4) is 0 Å². The number of benzene rings is 1. The monoisotopic (exact) mass is 251 g/mol. The highest BCUT2D eigenvalue weighted by atomic mass is 35.5. The van der Waals surface area contributed by atoms with Gasteiger partial charge in [0.2, 0.25) is 0 Å². The normalized spacial score (nSPS) is 12.4. The Balaban J connectivity index is 2.08. The molecule has 1 N–H and O–H groups in total. The number of nitrogens with zero attached hydrogens (tertiary/aromatic N) is 1. The summed E-state index contributed by atoms with van der Waals surface area (Å²) in [6, 6.07) is 9.42. The fraction of sp³-hybridized carbons (Fsp3) is 0.154. The molecule has 0 amide bonds. The maximum absolute atomic E-state index is 12.7. The van der Waals surface area contributed by atoms with Crippen molar-refractivity contribution in [2.75, 3.05) is 0 Å². The molecule has 1 atom stereocenters. The van der Waals surface area contributed by atoms with E-state index in [2.05, 4.69) is 4.98 Å². The number of hydrogen-bond acceptors (Lipinski definition) is 2. The van der Waals surface area contributed by atoms with Crippen LogP contribution in [0.5, 0.6) is 0 Å². The molecule has 2 rings (SSSR count). The van der Waals surface area contributed by atoms with E-state index in [9.17, 15) is 9.50 Å². The Morgan fingerprint density at radius 2 is 1.88 bits per heavy atom. The Kier molecular flexibility index (Phi) is 3.71. The molecular weight excluding hydrogens is 241 g/mol. The molecule has 0 bridgehead atoms. The van der Waals surface area contributed by atoms with Crippen LogP contribution in [-0.2, 0) is 6.42 Å². The van der Waals surface area contributed by atoms with Gasteiger partial charge >= 0.3 is 0 Å². The van der Waals surface area contributed by atoms with Gasteiger partial charge in [-0.3, -0.25) is 0 Å². The Bertz CT molecular complexity index is 484. The Morgan fingerprint density at radius 1 is 1.18 bits per heavy atom. The minimum atomic E-state index is -0.662. The quantitative estimate of drug-likeness (QED) is 0.850. The summed E-state index contributed by atoms with van der Waals surface area (Å²) in [7, 11) is 0. The molecule has 0 saturated heterocycles. The molecular formula is C13H11ClFNO. The molecule has 88 valence electrons. The molecule has 4 heteroatoms. The van der Waals surface area contributed by atoms with Crippen LogP contribution >= 0.6 is 11.6 Å². The lowest BCUT2D eigenvalue weighted by Crippen LogP contribution is -2.02. The molecule has 0 spiro atoms. The summed E-state index contributed by atoms with van der Waals surface area (Å²) in [4.78, 5) is 3.90. The number of halogens is 2. The first kappa shape index (κ1) is 12.0. The van der Waals surface area contributed by atoms with Gasteiger partial charge in [-0.25, -0.2) is 9.37 Å². The first-order valence-electron chi connectivity index (χ1n) is 5.19. The molecule has 17 heavy (non-hydrogen) atoms. The number of aliphatic hydroxyl groups is 1. The predicted molar refractivity (Wildman–Crippen MR) is 64.3 cm³/mol. The summed E-state index contributed by atoms with van der Waals surface area (Å²) in [5, 5.41) is 10.3. The number of aromatic nitrogens is 1. The Hall–Kier alpha value is -1.45. The summed E-state index contributed by atoms with van der Waals surface area (Å²) in [6.45, 7) is 0. The van der Waals surface area contributed by atoms with Crippen molar-refractivity contribution < 1.29 is 9.50 Å². The number of hydrogen-bond donors (Lipinski definition) is 1. The highest BCUT2D eigenvalue weighted by Gasteiger charge is 2.09. The van der Waals surface area contributed by atoms with Crippen molar-refractivity contribution in [2.24, 2.45) is 0 Å². The standard InChI is InChI=1S/C13H11ClFNO/c14-13-6-3-10(8-16-13)12(17)7-9-1-4-11(15)5-2-9/h1-6,8,12,17H,7H2. The van der Waals surface area contributed by atoms with E-state index in [0.717, 1.165) is 5.56 Å². The Morgan fingerprint density at radius 3 is 2.47 bits per heavy atom. The van der Waals surface area contributed by atoms with Crippen LogP contribution in [0, 0.1) is 5.82 Å². The maximum atomic E-state index is 12.7. The number of pyridine rings is 1. The van der Waals surface area contributed by atoms with E-state index in [0.29, 0.717) is 17.1 Å². The molecule has 2 aromatic rings. The van der Waals surface area contributed by atoms with Gasteiger partial charge in [0.1, 0.15) is 11.0 Å². The highest BCUT2D eigenvalue weighted by Crippen LogP contribution is 2.18. The summed E-state index contributed by atoms with van der Waals surface area (Å²) in [5.41, 5.74) is 1.56. The van der Waals surface area contributed by atoms with Gasteiger partial charge in [0.05, 0.1) is 6.10 Å². The highest BCUT2D eigenvalue weighted by molar-refractivity contribution is 6.29. The van der Waals surface area contributed by atoms with E-state index in [-0.39, 0.29) is 5.82 Å². The number of rotatable bonds is 3. The van der Waals surface area contributed by atoms with Crippen LogP contribution in [0.2, 0.25) is 5.15 Å². The second kappa shape index (κ2) is 5.25. The van der Waals surface area contributed by atoms with Gasteiger partial charge in [0.25, 0.3) is 0 Å². The molecule has 2 nitrogen and oxygen atoms in total. The topological polar surface area (TPSA) is 33.1 Å². The molecule has 0 aliphatic heterocycles.